The van der Waals surface area contributed by atoms with Crippen LogP contribution in [0.15, 0.2) is 27.6 Å². The van der Waals surface area contributed by atoms with Crippen molar-refractivity contribution in [2.75, 3.05) is 6.54 Å². The molecule has 0 aliphatic carbocycles. The van der Waals surface area contributed by atoms with E-state index >= 15 is 0 Å². The molecule has 1 N–H and O–H groups in total. The number of halogens is 1. The minimum Gasteiger partial charge on any atom is -0.258 e. The summed E-state index contributed by atoms with van der Waals surface area (Å²) >= 11 is 3.11. The zero-order chi connectivity index (χ0) is 14.6. The molecule has 0 aliphatic rings. The summed E-state index contributed by atoms with van der Waals surface area (Å²) < 4.78 is 27.0. The maximum absolute atomic E-state index is 12.1. The van der Waals surface area contributed by atoms with E-state index in [-0.39, 0.29) is 11.4 Å². The number of nitrogens with zero attached hydrogens (tertiary/aromatic N) is 1. The molecule has 106 valence electrons. The Labute approximate surface area is 120 Å². The fourth-order valence-corrected chi connectivity index (χ4v) is 3.17. The highest BCUT2D eigenvalue weighted by Crippen LogP contribution is 2.27. The second-order valence-electron chi connectivity index (χ2n) is 4.45. The normalized spacial score (nSPS) is 11.8. The molecule has 0 amide bonds. The van der Waals surface area contributed by atoms with Gasteiger partial charge in [0.1, 0.15) is 0 Å². The first kappa shape index (κ1) is 16.1. The first-order valence-corrected chi connectivity index (χ1v) is 7.95. The van der Waals surface area contributed by atoms with E-state index in [1.807, 2.05) is 13.8 Å². The number of sulfonamides is 1. The topological polar surface area (TPSA) is 89.3 Å². The van der Waals surface area contributed by atoms with Gasteiger partial charge >= 0.3 is 0 Å². The largest absolute Gasteiger partial charge is 0.289 e. The summed E-state index contributed by atoms with van der Waals surface area (Å²) in [6.07, 6.45) is 0.668. The Morgan fingerprint density at radius 3 is 2.58 bits per heavy atom. The van der Waals surface area contributed by atoms with Crippen molar-refractivity contribution in [3.8, 4) is 0 Å². The highest BCUT2D eigenvalue weighted by Gasteiger charge is 2.25. The van der Waals surface area contributed by atoms with Crippen LogP contribution >= 0.6 is 15.9 Å². The third-order valence-corrected chi connectivity index (χ3v) is 4.41. The smallest absolute Gasteiger partial charge is 0.258 e. The average molecular weight is 351 g/mol. The number of nitro groups is 1. The Hall–Kier alpha value is -0.990. The molecule has 0 aromatic heterocycles. The van der Waals surface area contributed by atoms with Crippen LogP contribution in [0.4, 0.5) is 5.69 Å². The van der Waals surface area contributed by atoms with Gasteiger partial charge in [-0.15, -0.1) is 0 Å². The van der Waals surface area contributed by atoms with Crippen molar-refractivity contribution in [1.29, 1.82) is 0 Å². The van der Waals surface area contributed by atoms with Gasteiger partial charge in [0.15, 0.2) is 4.90 Å². The molecule has 0 fully saturated rings. The standard InChI is InChI=1S/C11H15BrN2O4S/c1-8(2)5-6-13-19(17,18)11-7-9(12)3-4-10(11)14(15)16/h3-4,7-8,13H,5-6H2,1-2H3. The molecule has 0 atom stereocenters. The summed E-state index contributed by atoms with van der Waals surface area (Å²) in [6, 6.07) is 3.84. The Kier molecular flexibility index (Phi) is 5.45. The summed E-state index contributed by atoms with van der Waals surface area (Å²) in [7, 11) is -3.88. The van der Waals surface area contributed by atoms with Crippen molar-refractivity contribution in [3.05, 3.63) is 32.8 Å². The van der Waals surface area contributed by atoms with Gasteiger partial charge < -0.3 is 0 Å². The van der Waals surface area contributed by atoms with Gasteiger partial charge in [0.25, 0.3) is 5.69 Å². The van der Waals surface area contributed by atoms with Crippen LogP contribution in [0.25, 0.3) is 0 Å². The molecule has 6 nitrogen and oxygen atoms in total. The molecular weight excluding hydrogens is 336 g/mol. The van der Waals surface area contributed by atoms with Crippen LogP contribution in [0.5, 0.6) is 0 Å². The second-order valence-corrected chi connectivity index (χ2v) is 7.10. The highest BCUT2D eigenvalue weighted by atomic mass is 79.9. The number of hydrogen-bond donors (Lipinski definition) is 1. The molecule has 0 bridgehead atoms. The van der Waals surface area contributed by atoms with E-state index in [1.54, 1.807) is 0 Å². The lowest BCUT2D eigenvalue weighted by Gasteiger charge is -2.09. The maximum Gasteiger partial charge on any atom is 0.289 e. The molecule has 0 unspecified atom stereocenters. The molecule has 1 rings (SSSR count). The van der Waals surface area contributed by atoms with Crippen LogP contribution < -0.4 is 4.72 Å². The summed E-state index contributed by atoms with van der Waals surface area (Å²) in [6.45, 7) is 4.19. The summed E-state index contributed by atoms with van der Waals surface area (Å²) in [5.74, 6) is 0.347. The molecule has 0 saturated carbocycles. The Bertz CT molecular complexity index is 572. The molecule has 8 heteroatoms. The van der Waals surface area contributed by atoms with Gasteiger partial charge in [-0.25, -0.2) is 13.1 Å². The van der Waals surface area contributed by atoms with Gasteiger partial charge in [0.05, 0.1) is 4.92 Å². The Morgan fingerprint density at radius 1 is 1.42 bits per heavy atom. The van der Waals surface area contributed by atoms with Gasteiger partial charge in [0, 0.05) is 17.1 Å². The van der Waals surface area contributed by atoms with Crippen LogP contribution in [0.3, 0.4) is 0 Å². The van der Waals surface area contributed by atoms with Gasteiger partial charge in [-0.05, 0) is 24.5 Å². The first-order valence-electron chi connectivity index (χ1n) is 5.67. The molecule has 19 heavy (non-hydrogen) atoms. The quantitative estimate of drug-likeness (QED) is 0.630. The van der Waals surface area contributed by atoms with E-state index < -0.39 is 20.6 Å². The Morgan fingerprint density at radius 2 is 2.05 bits per heavy atom. The van der Waals surface area contributed by atoms with E-state index in [9.17, 15) is 18.5 Å². The minimum absolute atomic E-state index is 0.254. The van der Waals surface area contributed by atoms with Crippen LogP contribution in [0.1, 0.15) is 20.3 Å². The second kappa shape index (κ2) is 6.44. The summed E-state index contributed by atoms with van der Waals surface area (Å²) in [4.78, 5) is 9.83. The maximum atomic E-state index is 12.1. The molecule has 1 aromatic rings. The van der Waals surface area contributed by atoms with Crippen molar-refractivity contribution < 1.29 is 13.3 Å². The predicted molar refractivity (Wildman–Crippen MR) is 75.4 cm³/mol. The van der Waals surface area contributed by atoms with Gasteiger partial charge in [0.2, 0.25) is 10.0 Å². The zero-order valence-electron chi connectivity index (χ0n) is 10.6. The Balaban J connectivity index is 3.06. The molecule has 0 radical (unpaired) electrons. The minimum atomic E-state index is -3.88. The molecule has 0 aliphatic heterocycles. The lowest BCUT2D eigenvalue weighted by molar-refractivity contribution is -0.387. The first-order chi connectivity index (χ1) is 8.74. The molecule has 0 spiro atoms. The molecular formula is C11H15BrN2O4S. The highest BCUT2D eigenvalue weighted by molar-refractivity contribution is 9.10. The van der Waals surface area contributed by atoms with E-state index in [0.29, 0.717) is 16.8 Å². The average Bonchev–Trinajstić information content (AvgIpc) is 2.27. The number of nitro benzene ring substituents is 1. The number of hydrogen-bond acceptors (Lipinski definition) is 4. The third-order valence-electron chi connectivity index (χ3n) is 2.42. The van der Waals surface area contributed by atoms with Crippen LogP contribution in [-0.4, -0.2) is 19.9 Å². The number of rotatable bonds is 6. The number of benzene rings is 1. The van der Waals surface area contributed by atoms with Crippen LogP contribution in [-0.2, 0) is 10.0 Å². The molecule has 1 aromatic carbocycles. The zero-order valence-corrected chi connectivity index (χ0v) is 13.0. The van der Waals surface area contributed by atoms with Gasteiger partial charge in [-0.3, -0.25) is 10.1 Å². The third kappa shape index (κ3) is 4.55. The van der Waals surface area contributed by atoms with Crippen molar-refractivity contribution in [2.45, 2.75) is 25.2 Å². The number of nitrogens with one attached hydrogen (secondary N) is 1. The lowest BCUT2D eigenvalue weighted by Crippen LogP contribution is -2.26. The van der Waals surface area contributed by atoms with E-state index in [2.05, 4.69) is 20.7 Å². The predicted octanol–water partition coefficient (Wildman–Crippen LogP) is 2.68. The van der Waals surface area contributed by atoms with E-state index in [0.717, 1.165) is 0 Å². The van der Waals surface area contributed by atoms with Crippen LogP contribution in [0.2, 0.25) is 0 Å². The van der Waals surface area contributed by atoms with Crippen LogP contribution in [0, 0.1) is 16.0 Å². The monoisotopic (exact) mass is 350 g/mol. The van der Waals surface area contributed by atoms with E-state index in [1.165, 1.54) is 18.2 Å². The van der Waals surface area contributed by atoms with Crippen molar-refractivity contribution in [1.82, 2.24) is 4.72 Å². The summed E-state index contributed by atoms with van der Waals surface area (Å²) in [5, 5.41) is 10.9. The fourth-order valence-electron chi connectivity index (χ4n) is 1.41. The lowest BCUT2D eigenvalue weighted by atomic mass is 10.1. The van der Waals surface area contributed by atoms with E-state index in [4.69, 9.17) is 0 Å². The van der Waals surface area contributed by atoms with Gasteiger partial charge in [-0.2, -0.15) is 0 Å². The van der Waals surface area contributed by atoms with Crippen molar-refractivity contribution >= 4 is 31.6 Å². The molecule has 0 saturated heterocycles. The van der Waals surface area contributed by atoms with Gasteiger partial charge in [-0.1, -0.05) is 29.8 Å². The molecule has 0 heterocycles. The van der Waals surface area contributed by atoms with Crippen molar-refractivity contribution in [3.63, 3.8) is 0 Å². The van der Waals surface area contributed by atoms with Crippen molar-refractivity contribution in [2.24, 2.45) is 5.92 Å². The fraction of sp³-hybridized carbons (Fsp3) is 0.455. The summed E-state index contributed by atoms with van der Waals surface area (Å²) in [5.41, 5.74) is -0.430. The SMILES string of the molecule is CC(C)CCNS(=O)(=O)c1cc(Br)ccc1[N+](=O)[O-].